The van der Waals surface area contributed by atoms with Crippen LogP contribution in [0.5, 0.6) is 0 Å². The minimum Gasteiger partial charge on any atom is -0.300 e. The Hall–Kier alpha value is -0.910. The standard InChI is InChI=1S/C17H20Cl2N4O3S3/c1-2-27-17-22-21-16(28-17)20-15(24)11-5-4-8-23(9-11)29(25,26)10-12-13(18)6-3-7-14(12)19/h3,6-7,11H,2,4-5,8-10H2,1H3,(H,20,21,24). The smallest absolute Gasteiger partial charge is 0.230 e. The lowest BCUT2D eigenvalue weighted by Gasteiger charge is -2.31. The van der Waals surface area contributed by atoms with Gasteiger partial charge < -0.3 is 5.32 Å². The number of anilines is 1. The van der Waals surface area contributed by atoms with Gasteiger partial charge in [0.05, 0.1) is 11.7 Å². The third kappa shape index (κ3) is 5.83. The number of piperidine rings is 1. The van der Waals surface area contributed by atoms with E-state index in [1.165, 1.54) is 15.6 Å². The molecule has 0 aliphatic carbocycles. The first-order valence-corrected chi connectivity index (χ1v) is 13.1. The number of nitrogens with one attached hydrogen (secondary N) is 1. The number of aromatic nitrogens is 2. The van der Waals surface area contributed by atoms with Crippen molar-refractivity contribution in [1.29, 1.82) is 0 Å². The van der Waals surface area contributed by atoms with E-state index in [1.807, 2.05) is 6.92 Å². The monoisotopic (exact) mass is 494 g/mol. The summed E-state index contributed by atoms with van der Waals surface area (Å²) in [6, 6.07) is 4.88. The van der Waals surface area contributed by atoms with Gasteiger partial charge in [-0.2, -0.15) is 0 Å². The fourth-order valence-electron chi connectivity index (χ4n) is 3.00. The van der Waals surface area contributed by atoms with Gasteiger partial charge in [-0.1, -0.05) is 59.3 Å². The van der Waals surface area contributed by atoms with Crippen molar-refractivity contribution in [2.24, 2.45) is 5.92 Å². The summed E-state index contributed by atoms with van der Waals surface area (Å²) in [6.45, 7) is 2.49. The van der Waals surface area contributed by atoms with Crippen LogP contribution in [0.4, 0.5) is 5.13 Å². The summed E-state index contributed by atoms with van der Waals surface area (Å²) >= 11 is 15.1. The van der Waals surface area contributed by atoms with Crippen LogP contribution in [0, 0.1) is 5.92 Å². The highest BCUT2D eigenvalue weighted by Crippen LogP contribution is 2.30. The molecular weight excluding hydrogens is 475 g/mol. The van der Waals surface area contributed by atoms with Crippen LogP contribution in [-0.2, 0) is 20.6 Å². The lowest BCUT2D eigenvalue weighted by Crippen LogP contribution is -2.44. The van der Waals surface area contributed by atoms with Crippen molar-refractivity contribution in [1.82, 2.24) is 14.5 Å². The summed E-state index contributed by atoms with van der Waals surface area (Å²) < 4.78 is 28.0. The number of benzene rings is 1. The van der Waals surface area contributed by atoms with Crippen LogP contribution in [0.25, 0.3) is 0 Å². The fourth-order valence-corrected chi connectivity index (χ4v) is 7.02. The molecule has 0 radical (unpaired) electrons. The number of hydrogen-bond acceptors (Lipinski definition) is 7. The number of amides is 1. The van der Waals surface area contributed by atoms with E-state index in [2.05, 4.69) is 15.5 Å². The first-order valence-electron chi connectivity index (χ1n) is 8.98. The van der Waals surface area contributed by atoms with Gasteiger partial charge in [-0.15, -0.1) is 10.2 Å². The first kappa shape index (κ1) is 22.8. The maximum Gasteiger partial charge on any atom is 0.230 e. The molecule has 0 bridgehead atoms. The quantitative estimate of drug-likeness (QED) is 0.459. The Balaban J connectivity index is 1.66. The molecule has 158 valence electrons. The highest BCUT2D eigenvalue weighted by atomic mass is 35.5. The van der Waals surface area contributed by atoms with E-state index >= 15 is 0 Å². The lowest BCUT2D eigenvalue weighted by molar-refractivity contribution is -0.120. The van der Waals surface area contributed by atoms with Gasteiger partial charge in [-0.05, 0) is 30.7 Å². The number of rotatable bonds is 7. The number of hydrogen-bond donors (Lipinski definition) is 1. The van der Waals surface area contributed by atoms with Gasteiger partial charge in [0.1, 0.15) is 0 Å². The molecule has 2 heterocycles. The molecule has 2 aromatic rings. The molecule has 7 nitrogen and oxygen atoms in total. The van der Waals surface area contributed by atoms with Crippen LogP contribution in [0.2, 0.25) is 10.0 Å². The highest BCUT2D eigenvalue weighted by molar-refractivity contribution is 8.01. The summed E-state index contributed by atoms with van der Waals surface area (Å²) in [5.41, 5.74) is 0.372. The number of sulfonamides is 1. The van der Waals surface area contributed by atoms with E-state index in [-0.39, 0.29) is 18.2 Å². The zero-order chi connectivity index (χ0) is 21.0. The Morgan fingerprint density at radius 1 is 1.34 bits per heavy atom. The molecule has 1 fully saturated rings. The van der Waals surface area contributed by atoms with Crippen molar-refractivity contribution in [2.75, 3.05) is 24.2 Å². The Bertz CT molecular complexity index is 964. The second kappa shape index (κ2) is 9.93. The van der Waals surface area contributed by atoms with Crippen molar-refractivity contribution >= 4 is 67.4 Å². The molecule has 1 aromatic carbocycles. The normalized spacial score (nSPS) is 18.0. The first-order chi connectivity index (χ1) is 13.8. The van der Waals surface area contributed by atoms with Crippen molar-refractivity contribution in [2.45, 2.75) is 29.9 Å². The van der Waals surface area contributed by atoms with Crippen LogP contribution in [0.15, 0.2) is 22.5 Å². The minimum absolute atomic E-state index is 0.117. The van der Waals surface area contributed by atoms with Crippen LogP contribution in [-0.4, -0.2) is 47.7 Å². The van der Waals surface area contributed by atoms with Crippen molar-refractivity contribution in [3.63, 3.8) is 0 Å². The van der Waals surface area contributed by atoms with Gasteiger partial charge in [0.25, 0.3) is 0 Å². The van der Waals surface area contributed by atoms with Crippen molar-refractivity contribution < 1.29 is 13.2 Å². The van der Waals surface area contributed by atoms with Crippen molar-refractivity contribution in [3.8, 4) is 0 Å². The van der Waals surface area contributed by atoms with E-state index in [0.29, 0.717) is 40.1 Å². The average molecular weight is 495 g/mol. The van der Waals surface area contributed by atoms with Gasteiger partial charge in [0, 0.05) is 28.7 Å². The molecule has 1 atom stereocenters. The third-order valence-electron chi connectivity index (χ3n) is 4.44. The Kier molecular flexibility index (Phi) is 7.80. The fraction of sp³-hybridized carbons (Fsp3) is 0.471. The highest BCUT2D eigenvalue weighted by Gasteiger charge is 2.33. The topological polar surface area (TPSA) is 92.3 Å². The van der Waals surface area contributed by atoms with E-state index < -0.39 is 15.9 Å². The third-order valence-corrected chi connectivity index (χ3v) is 8.78. The number of thioether (sulfide) groups is 1. The predicted octanol–water partition coefficient (Wildman–Crippen LogP) is 4.14. The van der Waals surface area contributed by atoms with Gasteiger partial charge in [-0.25, -0.2) is 12.7 Å². The van der Waals surface area contributed by atoms with E-state index in [0.717, 1.165) is 10.1 Å². The largest absolute Gasteiger partial charge is 0.300 e. The molecule has 1 unspecified atom stereocenters. The number of carbonyl (C=O) groups is 1. The maximum absolute atomic E-state index is 12.9. The van der Waals surface area contributed by atoms with Crippen LogP contribution in [0.1, 0.15) is 25.3 Å². The summed E-state index contributed by atoms with van der Waals surface area (Å²) in [5, 5.41) is 11.8. The molecule has 0 saturated carbocycles. The second-order valence-electron chi connectivity index (χ2n) is 6.45. The van der Waals surface area contributed by atoms with Crippen LogP contribution < -0.4 is 5.32 Å². The van der Waals surface area contributed by atoms with Crippen LogP contribution in [0.3, 0.4) is 0 Å². The van der Waals surface area contributed by atoms with E-state index in [1.54, 1.807) is 30.0 Å². The van der Waals surface area contributed by atoms with Gasteiger partial charge in [-0.3, -0.25) is 4.79 Å². The molecule has 1 aliphatic heterocycles. The molecule has 1 aliphatic rings. The molecule has 12 heteroatoms. The minimum atomic E-state index is -3.67. The molecule has 1 aromatic heterocycles. The zero-order valence-electron chi connectivity index (χ0n) is 15.6. The number of halogens is 2. The van der Waals surface area contributed by atoms with Gasteiger partial charge in [0.2, 0.25) is 21.1 Å². The summed E-state index contributed by atoms with van der Waals surface area (Å²) in [5.74, 6) is -0.127. The SMILES string of the molecule is CCSc1nnc(NC(=O)C2CCCN(S(=O)(=O)Cc3c(Cl)cccc3Cl)C2)s1. The second-order valence-corrected chi connectivity index (χ2v) is 11.7. The molecule has 3 rings (SSSR count). The average Bonchev–Trinajstić information content (AvgIpc) is 3.12. The predicted molar refractivity (Wildman–Crippen MR) is 118 cm³/mol. The Morgan fingerprint density at radius 3 is 2.76 bits per heavy atom. The summed E-state index contributed by atoms with van der Waals surface area (Å²) in [7, 11) is -3.67. The molecular formula is C17H20Cl2N4O3S3. The zero-order valence-corrected chi connectivity index (χ0v) is 19.6. The molecule has 29 heavy (non-hydrogen) atoms. The van der Waals surface area contributed by atoms with Crippen molar-refractivity contribution in [3.05, 3.63) is 33.8 Å². The van der Waals surface area contributed by atoms with E-state index in [9.17, 15) is 13.2 Å². The van der Waals surface area contributed by atoms with E-state index in [4.69, 9.17) is 23.2 Å². The Morgan fingerprint density at radius 2 is 2.07 bits per heavy atom. The maximum atomic E-state index is 12.9. The number of nitrogens with zero attached hydrogens (tertiary/aromatic N) is 3. The van der Waals surface area contributed by atoms with Gasteiger partial charge >= 0.3 is 0 Å². The summed E-state index contributed by atoms with van der Waals surface area (Å²) in [6.07, 6.45) is 1.21. The molecule has 0 spiro atoms. The van der Waals surface area contributed by atoms with Gasteiger partial charge in [0.15, 0.2) is 4.34 Å². The molecule has 1 amide bonds. The summed E-state index contributed by atoms with van der Waals surface area (Å²) in [4.78, 5) is 12.6. The van der Waals surface area contributed by atoms with Crippen LogP contribution >= 0.6 is 46.3 Å². The Labute approximate surface area is 188 Å². The number of carbonyl (C=O) groups excluding carboxylic acids is 1. The molecule has 1 saturated heterocycles. The molecule has 1 N–H and O–H groups in total. The lowest BCUT2D eigenvalue weighted by atomic mass is 9.99.